The Balaban J connectivity index is 1.35. The van der Waals surface area contributed by atoms with E-state index in [-0.39, 0.29) is 5.78 Å². The van der Waals surface area contributed by atoms with Gasteiger partial charge in [0, 0.05) is 41.5 Å². The van der Waals surface area contributed by atoms with Gasteiger partial charge in [0.25, 0.3) is 0 Å². The molecule has 1 saturated carbocycles. The van der Waals surface area contributed by atoms with Crippen LogP contribution in [0.4, 0.5) is 5.69 Å². The lowest BCUT2D eigenvalue weighted by atomic mass is 9.85. The van der Waals surface area contributed by atoms with Crippen LogP contribution in [0.15, 0.2) is 23.6 Å². The van der Waals surface area contributed by atoms with E-state index in [4.69, 9.17) is 16.6 Å². The highest BCUT2D eigenvalue weighted by Crippen LogP contribution is 2.35. The van der Waals surface area contributed by atoms with Crippen molar-refractivity contribution in [2.75, 3.05) is 18.0 Å². The number of carbonyl (C=O) groups excluding carboxylic acids is 1. The second kappa shape index (κ2) is 8.96. The summed E-state index contributed by atoms with van der Waals surface area (Å²) in [4.78, 5) is 19.8. The molecule has 3 nitrogen and oxygen atoms in total. The number of anilines is 1. The molecule has 2 aromatic rings. The Morgan fingerprint density at radius 3 is 2.68 bits per heavy atom. The van der Waals surface area contributed by atoms with Gasteiger partial charge in [-0.15, -0.1) is 11.3 Å². The summed E-state index contributed by atoms with van der Waals surface area (Å²) in [5, 5.41) is 3.94. The minimum absolute atomic E-state index is 0.251. The van der Waals surface area contributed by atoms with E-state index in [1.54, 1.807) is 11.3 Å². The minimum Gasteiger partial charge on any atom is -0.371 e. The summed E-state index contributed by atoms with van der Waals surface area (Å²) >= 11 is 7.87. The lowest BCUT2D eigenvalue weighted by Gasteiger charge is -2.34. The first-order valence-electron chi connectivity index (χ1n) is 10.6. The fraction of sp³-hybridized carbons (Fsp3) is 0.565. The van der Waals surface area contributed by atoms with Crippen molar-refractivity contribution < 1.29 is 4.79 Å². The Hall–Kier alpha value is -1.39. The average Bonchev–Trinajstić information content (AvgIpc) is 3.21. The van der Waals surface area contributed by atoms with Crippen LogP contribution in [0.25, 0.3) is 0 Å². The Morgan fingerprint density at radius 1 is 1.18 bits per heavy atom. The lowest BCUT2D eigenvalue weighted by molar-refractivity contribution is 0.0945. The maximum absolute atomic E-state index is 12.6. The van der Waals surface area contributed by atoms with Crippen molar-refractivity contribution >= 4 is 34.4 Å². The number of piperidine rings is 1. The predicted octanol–water partition coefficient (Wildman–Crippen LogP) is 6.64. The smallest absolute Gasteiger partial charge is 0.182 e. The molecular formula is C23H29ClN2OS. The third-order valence-corrected chi connectivity index (χ3v) is 7.60. The van der Waals surface area contributed by atoms with Crippen molar-refractivity contribution in [3.05, 3.63) is 44.9 Å². The van der Waals surface area contributed by atoms with E-state index in [0.717, 1.165) is 36.0 Å². The number of aromatic nitrogens is 1. The van der Waals surface area contributed by atoms with Crippen LogP contribution in [0.1, 0.15) is 78.3 Å². The van der Waals surface area contributed by atoms with Gasteiger partial charge in [-0.25, -0.2) is 4.98 Å². The van der Waals surface area contributed by atoms with Gasteiger partial charge in [0.1, 0.15) is 5.69 Å². The standard InChI is InChI=1S/C23H29ClN2OS/c1-16-7-8-19(24)14-21(16)26-11-9-18(10-12-26)23-25-20(15-28-23)22(27)13-17-5-3-2-4-6-17/h7-8,14-15,17-18H,2-6,9-13H2,1H3. The van der Waals surface area contributed by atoms with E-state index in [1.807, 2.05) is 11.4 Å². The maximum atomic E-state index is 12.6. The molecule has 1 aromatic carbocycles. The van der Waals surface area contributed by atoms with Gasteiger partial charge in [0.05, 0.1) is 5.01 Å². The van der Waals surface area contributed by atoms with Crippen molar-refractivity contribution in [3.8, 4) is 0 Å². The summed E-state index contributed by atoms with van der Waals surface area (Å²) in [6, 6.07) is 6.12. The lowest BCUT2D eigenvalue weighted by Crippen LogP contribution is -2.33. The van der Waals surface area contributed by atoms with Crippen LogP contribution in [-0.4, -0.2) is 23.9 Å². The number of benzene rings is 1. The molecule has 4 rings (SSSR count). The monoisotopic (exact) mass is 416 g/mol. The molecule has 1 aliphatic carbocycles. The largest absolute Gasteiger partial charge is 0.371 e. The number of ketones is 1. The van der Waals surface area contributed by atoms with Crippen LogP contribution >= 0.6 is 22.9 Å². The van der Waals surface area contributed by atoms with Crippen LogP contribution in [0.5, 0.6) is 0 Å². The number of nitrogens with zero attached hydrogens (tertiary/aromatic N) is 2. The number of Topliss-reactive ketones (excluding diaryl/α,β-unsaturated/α-hetero) is 1. The molecule has 1 aliphatic heterocycles. The van der Waals surface area contributed by atoms with Crippen molar-refractivity contribution in [1.82, 2.24) is 4.98 Å². The molecule has 1 saturated heterocycles. The fourth-order valence-corrected chi connectivity index (χ4v) is 5.81. The molecule has 0 radical (unpaired) electrons. The van der Waals surface area contributed by atoms with Gasteiger partial charge in [0.2, 0.25) is 0 Å². The van der Waals surface area contributed by atoms with Crippen molar-refractivity contribution in [2.45, 2.75) is 64.2 Å². The van der Waals surface area contributed by atoms with Gasteiger partial charge in [-0.1, -0.05) is 49.8 Å². The molecule has 0 atom stereocenters. The molecule has 0 N–H and O–H groups in total. The molecule has 0 spiro atoms. The first-order chi connectivity index (χ1) is 13.6. The van der Waals surface area contributed by atoms with Crippen LogP contribution in [0.2, 0.25) is 5.02 Å². The van der Waals surface area contributed by atoms with E-state index in [1.165, 1.54) is 43.4 Å². The number of hydrogen-bond donors (Lipinski definition) is 0. The van der Waals surface area contributed by atoms with Crippen LogP contribution in [0.3, 0.4) is 0 Å². The fourth-order valence-electron chi connectivity index (χ4n) is 4.65. The second-order valence-electron chi connectivity index (χ2n) is 8.39. The number of rotatable bonds is 5. The molecule has 5 heteroatoms. The highest BCUT2D eigenvalue weighted by molar-refractivity contribution is 7.09. The van der Waals surface area contributed by atoms with Crippen LogP contribution < -0.4 is 4.90 Å². The number of carbonyl (C=O) groups is 1. The van der Waals surface area contributed by atoms with Crippen molar-refractivity contribution in [3.63, 3.8) is 0 Å². The third kappa shape index (κ3) is 4.60. The summed E-state index contributed by atoms with van der Waals surface area (Å²) < 4.78 is 0. The number of aryl methyl sites for hydroxylation is 1. The molecule has 2 heterocycles. The van der Waals surface area contributed by atoms with E-state index in [0.29, 0.717) is 24.0 Å². The van der Waals surface area contributed by atoms with Gasteiger partial charge >= 0.3 is 0 Å². The quantitative estimate of drug-likeness (QED) is 0.512. The van der Waals surface area contributed by atoms with Crippen LogP contribution in [-0.2, 0) is 0 Å². The summed E-state index contributed by atoms with van der Waals surface area (Å²) in [7, 11) is 0. The summed E-state index contributed by atoms with van der Waals surface area (Å²) in [5.41, 5.74) is 3.22. The zero-order valence-corrected chi connectivity index (χ0v) is 18.2. The highest BCUT2D eigenvalue weighted by atomic mass is 35.5. The first-order valence-corrected chi connectivity index (χ1v) is 11.9. The van der Waals surface area contributed by atoms with E-state index in [9.17, 15) is 4.79 Å². The summed E-state index contributed by atoms with van der Waals surface area (Å²) in [6.07, 6.45) is 9.17. The van der Waals surface area contributed by atoms with Gasteiger partial charge in [-0.2, -0.15) is 0 Å². The second-order valence-corrected chi connectivity index (χ2v) is 9.72. The zero-order valence-electron chi connectivity index (χ0n) is 16.6. The van der Waals surface area contributed by atoms with Crippen molar-refractivity contribution in [1.29, 1.82) is 0 Å². The van der Waals surface area contributed by atoms with E-state index in [2.05, 4.69) is 24.0 Å². The van der Waals surface area contributed by atoms with Gasteiger partial charge in [0.15, 0.2) is 5.78 Å². The molecular weight excluding hydrogens is 388 g/mol. The maximum Gasteiger partial charge on any atom is 0.182 e. The topological polar surface area (TPSA) is 33.2 Å². The number of thiazole rings is 1. The zero-order chi connectivity index (χ0) is 19.5. The van der Waals surface area contributed by atoms with E-state index < -0.39 is 0 Å². The average molecular weight is 417 g/mol. The van der Waals surface area contributed by atoms with Crippen molar-refractivity contribution in [2.24, 2.45) is 5.92 Å². The molecule has 0 unspecified atom stereocenters. The molecule has 28 heavy (non-hydrogen) atoms. The summed E-state index contributed by atoms with van der Waals surface area (Å²) in [6.45, 7) is 4.16. The molecule has 2 fully saturated rings. The first kappa shape index (κ1) is 19.9. The van der Waals surface area contributed by atoms with Gasteiger partial charge in [-0.05, 0) is 43.4 Å². The Kier molecular flexibility index (Phi) is 6.37. The molecule has 1 aromatic heterocycles. The molecule has 150 valence electrons. The third-order valence-electron chi connectivity index (χ3n) is 6.36. The van der Waals surface area contributed by atoms with Gasteiger partial charge in [-0.3, -0.25) is 4.79 Å². The Labute approximate surface area is 177 Å². The molecule has 0 bridgehead atoms. The van der Waals surface area contributed by atoms with Crippen LogP contribution in [0, 0.1) is 12.8 Å². The molecule has 2 aliphatic rings. The normalized spacial score (nSPS) is 19.1. The summed E-state index contributed by atoms with van der Waals surface area (Å²) in [5.74, 6) is 1.30. The highest BCUT2D eigenvalue weighted by Gasteiger charge is 2.26. The number of halogens is 1. The Morgan fingerprint density at radius 2 is 1.93 bits per heavy atom. The SMILES string of the molecule is Cc1ccc(Cl)cc1N1CCC(c2nc(C(=O)CC3CCCCC3)cs2)CC1. The van der Waals surface area contributed by atoms with E-state index >= 15 is 0 Å². The Bertz CT molecular complexity index is 820. The minimum atomic E-state index is 0.251. The number of hydrogen-bond acceptors (Lipinski definition) is 4. The predicted molar refractivity (Wildman–Crippen MR) is 118 cm³/mol. The molecule has 0 amide bonds. The van der Waals surface area contributed by atoms with Gasteiger partial charge < -0.3 is 4.90 Å².